The van der Waals surface area contributed by atoms with E-state index in [2.05, 4.69) is 22.9 Å². The first-order chi connectivity index (χ1) is 11.2. The second-order valence-electron chi connectivity index (χ2n) is 6.05. The Balaban J connectivity index is 1.71. The van der Waals surface area contributed by atoms with E-state index in [-0.39, 0.29) is 5.91 Å². The van der Waals surface area contributed by atoms with Crippen LogP contribution in [0, 0.1) is 6.92 Å². The maximum atomic E-state index is 12.6. The van der Waals surface area contributed by atoms with Crippen LogP contribution in [0.1, 0.15) is 22.8 Å². The summed E-state index contributed by atoms with van der Waals surface area (Å²) in [6, 6.07) is 9.96. The highest BCUT2D eigenvalue weighted by Gasteiger charge is 2.21. The highest BCUT2D eigenvalue weighted by molar-refractivity contribution is 5.94. The summed E-state index contributed by atoms with van der Waals surface area (Å²) in [6.07, 6.45) is 3.70. The molecule has 1 saturated heterocycles. The third kappa shape index (κ3) is 3.59. The van der Waals surface area contributed by atoms with Crippen LogP contribution in [0.4, 0.5) is 0 Å². The molecule has 1 amide bonds. The van der Waals surface area contributed by atoms with Gasteiger partial charge < -0.3 is 9.80 Å². The van der Waals surface area contributed by atoms with Crippen molar-refractivity contribution in [1.82, 2.24) is 14.8 Å². The van der Waals surface area contributed by atoms with Crippen LogP contribution >= 0.6 is 0 Å². The molecule has 2 aromatic rings. The summed E-state index contributed by atoms with van der Waals surface area (Å²) in [5, 5.41) is 0. The number of aromatic nitrogens is 1. The first-order valence-corrected chi connectivity index (χ1v) is 8.21. The van der Waals surface area contributed by atoms with Crippen molar-refractivity contribution < 1.29 is 4.79 Å². The Morgan fingerprint density at radius 1 is 1.04 bits per heavy atom. The Bertz CT molecular complexity index is 673. The molecule has 1 fully saturated rings. The highest BCUT2D eigenvalue weighted by Crippen LogP contribution is 2.20. The molecule has 4 heteroatoms. The average Bonchev–Trinajstić information content (AvgIpc) is 2.61. The molecule has 1 aromatic carbocycles. The smallest absolute Gasteiger partial charge is 0.253 e. The first-order valence-electron chi connectivity index (χ1n) is 8.21. The zero-order chi connectivity index (χ0) is 16.2. The number of piperazine rings is 1. The number of hydrogen-bond acceptors (Lipinski definition) is 3. The Hall–Kier alpha value is -2.20. The van der Waals surface area contributed by atoms with Gasteiger partial charge >= 0.3 is 0 Å². The number of rotatable bonds is 3. The summed E-state index contributed by atoms with van der Waals surface area (Å²) < 4.78 is 0. The normalized spacial score (nSPS) is 15.7. The van der Waals surface area contributed by atoms with E-state index in [1.165, 1.54) is 0 Å². The molecule has 120 valence electrons. The topological polar surface area (TPSA) is 36.4 Å². The second kappa shape index (κ2) is 6.92. The molecule has 0 radical (unpaired) electrons. The van der Waals surface area contributed by atoms with Crippen LogP contribution < -0.4 is 0 Å². The van der Waals surface area contributed by atoms with Crippen molar-refractivity contribution in [2.75, 3.05) is 32.7 Å². The summed E-state index contributed by atoms with van der Waals surface area (Å²) in [4.78, 5) is 21.1. The zero-order valence-electron chi connectivity index (χ0n) is 13.8. The monoisotopic (exact) mass is 309 g/mol. The van der Waals surface area contributed by atoms with Crippen molar-refractivity contribution >= 4 is 5.91 Å². The summed E-state index contributed by atoms with van der Waals surface area (Å²) in [5.41, 5.74) is 4.07. The minimum Gasteiger partial charge on any atom is -0.336 e. The number of likely N-dealkylation sites (N-methyl/N-ethyl adjacent to an activating group) is 1. The molecule has 2 heterocycles. The lowest BCUT2D eigenvalue weighted by molar-refractivity contribution is 0.0643. The molecule has 0 atom stereocenters. The maximum absolute atomic E-state index is 12.6. The summed E-state index contributed by atoms with van der Waals surface area (Å²) in [5.74, 6) is 0.134. The number of aryl methyl sites for hydroxylation is 1. The minimum absolute atomic E-state index is 0.134. The first kappa shape index (κ1) is 15.7. The van der Waals surface area contributed by atoms with Crippen molar-refractivity contribution in [3.63, 3.8) is 0 Å². The van der Waals surface area contributed by atoms with Gasteiger partial charge in [-0.1, -0.05) is 19.1 Å². The molecule has 0 spiro atoms. The van der Waals surface area contributed by atoms with Gasteiger partial charge in [0.2, 0.25) is 0 Å². The van der Waals surface area contributed by atoms with E-state index in [1.807, 2.05) is 48.5 Å². The van der Waals surface area contributed by atoms with Crippen molar-refractivity contribution in [3.05, 3.63) is 53.9 Å². The number of amides is 1. The maximum Gasteiger partial charge on any atom is 0.253 e. The second-order valence-corrected chi connectivity index (χ2v) is 6.05. The molecule has 1 aliphatic rings. The number of nitrogens with zero attached hydrogens (tertiary/aromatic N) is 3. The van der Waals surface area contributed by atoms with Gasteiger partial charge in [-0.25, -0.2) is 0 Å². The van der Waals surface area contributed by atoms with Gasteiger partial charge in [-0.3, -0.25) is 9.78 Å². The van der Waals surface area contributed by atoms with E-state index >= 15 is 0 Å². The Kier molecular flexibility index (Phi) is 4.72. The SMILES string of the molecule is CCN1CCN(C(=O)c2ccc(-c3cncc(C)c3)cc2)CC1. The fourth-order valence-corrected chi connectivity index (χ4v) is 2.97. The number of hydrogen-bond donors (Lipinski definition) is 0. The van der Waals surface area contributed by atoms with Crippen LogP contribution in [0.15, 0.2) is 42.7 Å². The average molecular weight is 309 g/mol. The fourth-order valence-electron chi connectivity index (χ4n) is 2.97. The number of carbonyl (C=O) groups excluding carboxylic acids is 1. The van der Waals surface area contributed by atoms with Crippen LogP contribution in [0.5, 0.6) is 0 Å². The van der Waals surface area contributed by atoms with Gasteiger partial charge in [-0.15, -0.1) is 0 Å². The Labute approximate surface area is 137 Å². The molecule has 4 nitrogen and oxygen atoms in total. The van der Waals surface area contributed by atoms with E-state index in [9.17, 15) is 4.79 Å². The molecule has 1 aliphatic heterocycles. The fraction of sp³-hybridized carbons (Fsp3) is 0.368. The standard InChI is InChI=1S/C19H23N3O/c1-3-21-8-10-22(11-9-21)19(23)17-6-4-16(5-7-17)18-12-15(2)13-20-14-18/h4-7,12-14H,3,8-11H2,1-2H3. The molecule has 0 unspecified atom stereocenters. The third-order valence-electron chi connectivity index (χ3n) is 4.45. The van der Waals surface area contributed by atoms with Gasteiger partial charge in [0.1, 0.15) is 0 Å². The van der Waals surface area contributed by atoms with Gasteiger partial charge in [-0.05, 0) is 42.8 Å². The molecular weight excluding hydrogens is 286 g/mol. The van der Waals surface area contributed by atoms with Crippen LogP contribution in [0.2, 0.25) is 0 Å². The lowest BCUT2D eigenvalue weighted by atomic mass is 10.0. The largest absolute Gasteiger partial charge is 0.336 e. The Morgan fingerprint density at radius 3 is 2.35 bits per heavy atom. The summed E-state index contributed by atoms with van der Waals surface area (Å²) in [7, 11) is 0. The predicted octanol–water partition coefficient (Wildman–Crippen LogP) is 2.83. The molecule has 3 rings (SSSR count). The minimum atomic E-state index is 0.134. The molecule has 0 aliphatic carbocycles. The van der Waals surface area contributed by atoms with Crippen molar-refractivity contribution in [2.24, 2.45) is 0 Å². The number of carbonyl (C=O) groups is 1. The van der Waals surface area contributed by atoms with Crippen LogP contribution in [-0.2, 0) is 0 Å². The van der Waals surface area contributed by atoms with Gasteiger partial charge in [-0.2, -0.15) is 0 Å². The zero-order valence-corrected chi connectivity index (χ0v) is 13.8. The lowest BCUT2D eigenvalue weighted by Crippen LogP contribution is -2.48. The number of benzene rings is 1. The van der Waals surface area contributed by atoms with Crippen molar-refractivity contribution in [1.29, 1.82) is 0 Å². The number of pyridine rings is 1. The summed E-state index contributed by atoms with van der Waals surface area (Å²) >= 11 is 0. The van der Waals surface area contributed by atoms with E-state index in [0.29, 0.717) is 0 Å². The van der Waals surface area contributed by atoms with Crippen molar-refractivity contribution in [3.8, 4) is 11.1 Å². The van der Waals surface area contributed by atoms with E-state index in [4.69, 9.17) is 0 Å². The lowest BCUT2D eigenvalue weighted by Gasteiger charge is -2.34. The molecular formula is C19H23N3O. The van der Waals surface area contributed by atoms with Gasteiger partial charge in [0.05, 0.1) is 0 Å². The highest BCUT2D eigenvalue weighted by atomic mass is 16.2. The molecule has 23 heavy (non-hydrogen) atoms. The van der Waals surface area contributed by atoms with Crippen molar-refractivity contribution in [2.45, 2.75) is 13.8 Å². The van der Waals surface area contributed by atoms with E-state index in [0.717, 1.165) is 55.0 Å². The van der Waals surface area contributed by atoms with Gasteiger partial charge in [0, 0.05) is 49.7 Å². The van der Waals surface area contributed by atoms with Gasteiger partial charge in [0.15, 0.2) is 0 Å². The summed E-state index contributed by atoms with van der Waals surface area (Å²) in [6.45, 7) is 8.82. The molecule has 1 aromatic heterocycles. The molecule has 0 bridgehead atoms. The Morgan fingerprint density at radius 2 is 1.74 bits per heavy atom. The van der Waals surface area contributed by atoms with Gasteiger partial charge in [0.25, 0.3) is 5.91 Å². The van der Waals surface area contributed by atoms with E-state index < -0.39 is 0 Å². The van der Waals surface area contributed by atoms with Crippen LogP contribution in [0.3, 0.4) is 0 Å². The molecule has 0 N–H and O–H groups in total. The third-order valence-corrected chi connectivity index (χ3v) is 4.45. The van der Waals surface area contributed by atoms with E-state index in [1.54, 1.807) is 0 Å². The molecule has 0 saturated carbocycles. The van der Waals surface area contributed by atoms with Crippen LogP contribution in [0.25, 0.3) is 11.1 Å². The van der Waals surface area contributed by atoms with Crippen LogP contribution in [-0.4, -0.2) is 53.4 Å². The quantitative estimate of drug-likeness (QED) is 0.875. The predicted molar refractivity (Wildman–Crippen MR) is 92.4 cm³/mol.